The normalized spacial score (nSPS) is 11.5. The second-order valence-corrected chi connectivity index (χ2v) is 8.36. The number of nitrogens with two attached hydrogens (primary N) is 1. The van der Waals surface area contributed by atoms with Crippen molar-refractivity contribution >= 4 is 39.9 Å². The molecule has 0 spiro atoms. The fraction of sp³-hybridized carbons (Fsp3) is 0.278. The van der Waals surface area contributed by atoms with Gasteiger partial charge in [-0.1, -0.05) is 40.2 Å². The van der Waals surface area contributed by atoms with Crippen molar-refractivity contribution in [1.29, 1.82) is 0 Å². The van der Waals surface area contributed by atoms with E-state index >= 15 is 0 Å². The molecule has 0 aliphatic heterocycles. The van der Waals surface area contributed by atoms with E-state index in [0.29, 0.717) is 22.3 Å². The van der Waals surface area contributed by atoms with Crippen LogP contribution in [0.1, 0.15) is 40.7 Å². The first-order valence-electron chi connectivity index (χ1n) is 8.70. The summed E-state index contributed by atoms with van der Waals surface area (Å²) < 4.78 is 36.8. The van der Waals surface area contributed by atoms with Gasteiger partial charge in [-0.15, -0.1) is 10.2 Å². The molecule has 0 fully saturated rings. The summed E-state index contributed by atoms with van der Waals surface area (Å²) in [6, 6.07) is 9.03. The Labute approximate surface area is 188 Å². The topological polar surface area (TPSA) is 144 Å². The third-order valence-corrected chi connectivity index (χ3v) is 4.64. The number of carboxylic acids is 1. The van der Waals surface area contributed by atoms with Gasteiger partial charge in [0.25, 0.3) is 5.91 Å². The van der Waals surface area contributed by atoms with E-state index in [1.165, 1.54) is 17.4 Å². The van der Waals surface area contributed by atoms with Gasteiger partial charge in [-0.3, -0.25) is 10.1 Å². The molecule has 0 aliphatic carbocycles. The zero-order valence-corrected chi connectivity index (χ0v) is 18.2. The van der Waals surface area contributed by atoms with Gasteiger partial charge in [0.15, 0.2) is 0 Å². The minimum absolute atomic E-state index is 0.0696. The molecule has 0 saturated carbocycles. The molecule has 0 unspecified atom stereocenters. The van der Waals surface area contributed by atoms with Crippen molar-refractivity contribution < 1.29 is 32.4 Å². The van der Waals surface area contributed by atoms with E-state index in [2.05, 4.69) is 20.7 Å². The molecule has 1 aromatic carbocycles. The van der Waals surface area contributed by atoms with Gasteiger partial charge in [-0.05, 0) is 31.5 Å². The van der Waals surface area contributed by atoms with Crippen LogP contribution < -0.4 is 11.1 Å². The van der Waals surface area contributed by atoms with Crippen LogP contribution in [0.4, 0.5) is 18.3 Å². The average Bonchev–Trinajstić information content (AvgIpc) is 3.31. The van der Waals surface area contributed by atoms with Gasteiger partial charge in [-0.25, -0.2) is 4.79 Å². The maximum absolute atomic E-state index is 12.2. The summed E-state index contributed by atoms with van der Waals surface area (Å²) in [6.07, 6.45) is -4.50. The first-order chi connectivity index (χ1) is 14.8. The molecule has 0 atom stereocenters. The van der Waals surface area contributed by atoms with E-state index in [9.17, 15) is 18.0 Å². The van der Waals surface area contributed by atoms with Crippen LogP contribution in [-0.2, 0) is 16.8 Å². The smallest absolute Gasteiger partial charge is 0.475 e. The van der Waals surface area contributed by atoms with Crippen molar-refractivity contribution in [2.45, 2.75) is 32.0 Å². The number of anilines is 1. The van der Waals surface area contributed by atoms with Crippen molar-refractivity contribution in [3.05, 3.63) is 57.4 Å². The van der Waals surface area contributed by atoms with Crippen LogP contribution in [-0.4, -0.2) is 38.5 Å². The second kappa shape index (κ2) is 10.1. The molecule has 9 nitrogen and oxygen atoms in total. The van der Waals surface area contributed by atoms with Crippen LogP contribution in [0.15, 0.2) is 34.9 Å². The van der Waals surface area contributed by atoms with Crippen LogP contribution in [0.25, 0.3) is 0 Å². The maximum Gasteiger partial charge on any atom is 0.490 e. The summed E-state index contributed by atoms with van der Waals surface area (Å²) in [6.45, 7) is 3.55. The third-order valence-electron chi connectivity index (χ3n) is 3.57. The number of hydrogen-bond acceptors (Lipinski definition) is 8. The summed E-state index contributed by atoms with van der Waals surface area (Å²) >= 11 is 7.26. The fourth-order valence-electron chi connectivity index (χ4n) is 2.04. The van der Waals surface area contributed by atoms with Crippen molar-refractivity contribution in [2.75, 3.05) is 5.32 Å². The predicted octanol–water partition coefficient (Wildman–Crippen LogP) is 3.85. The molecule has 2 aromatic heterocycles. The number of aromatic nitrogens is 3. The number of carbonyl (C=O) groups excluding carboxylic acids is 1. The molecule has 14 heteroatoms. The molecule has 0 radical (unpaired) electrons. The molecular weight excluding hydrogens is 475 g/mol. The van der Waals surface area contributed by atoms with Crippen LogP contribution >= 0.6 is 22.9 Å². The standard InChI is InChI=1S/C16H16ClN5O2S.C2HF3O2/c1-16(2,18)12-8-11(24-22-12)14(23)19-15-21-20-13(25-15)7-9-4-3-5-10(17)6-9;3-2(4,5)1(6)7/h3-6,8H,7,18H2,1-2H3,(H,19,21,23);(H,6,7). The average molecular weight is 492 g/mol. The summed E-state index contributed by atoms with van der Waals surface area (Å²) in [4.78, 5) is 21.1. The molecule has 3 aromatic rings. The first-order valence-corrected chi connectivity index (χ1v) is 9.89. The number of benzene rings is 1. The highest BCUT2D eigenvalue weighted by molar-refractivity contribution is 7.15. The molecule has 0 bridgehead atoms. The van der Waals surface area contributed by atoms with Gasteiger partial charge in [0, 0.05) is 17.5 Å². The summed E-state index contributed by atoms with van der Waals surface area (Å²) in [5.41, 5.74) is 6.76. The number of nitrogens with one attached hydrogen (secondary N) is 1. The van der Waals surface area contributed by atoms with Gasteiger partial charge in [-0.2, -0.15) is 13.2 Å². The Balaban J connectivity index is 0.000000451. The molecular formula is C18H17ClF3N5O4S. The number of carboxylic acid groups (broad SMARTS) is 1. The Morgan fingerprint density at radius 1 is 1.25 bits per heavy atom. The zero-order chi connectivity index (χ0) is 24.1. The summed E-state index contributed by atoms with van der Waals surface area (Å²) in [7, 11) is 0. The van der Waals surface area contributed by atoms with Crippen LogP contribution in [0.5, 0.6) is 0 Å². The van der Waals surface area contributed by atoms with Crippen molar-refractivity contribution in [3.63, 3.8) is 0 Å². The zero-order valence-electron chi connectivity index (χ0n) is 16.6. The largest absolute Gasteiger partial charge is 0.490 e. The SMILES string of the molecule is CC(C)(N)c1cc(C(=O)Nc2nnc(Cc3cccc(Cl)c3)s2)on1.O=C(O)C(F)(F)F. The van der Waals surface area contributed by atoms with Gasteiger partial charge >= 0.3 is 12.1 Å². The minimum atomic E-state index is -5.08. The molecule has 0 aliphatic rings. The second-order valence-electron chi connectivity index (χ2n) is 6.86. The monoisotopic (exact) mass is 491 g/mol. The maximum atomic E-state index is 12.2. The summed E-state index contributed by atoms with van der Waals surface area (Å²) in [5, 5.41) is 23.4. The van der Waals surface area contributed by atoms with Crippen molar-refractivity contribution in [3.8, 4) is 0 Å². The number of rotatable bonds is 5. The number of hydrogen-bond donors (Lipinski definition) is 3. The Kier molecular flexibility index (Phi) is 7.93. The van der Waals surface area contributed by atoms with Crippen molar-refractivity contribution in [1.82, 2.24) is 15.4 Å². The molecule has 4 N–H and O–H groups in total. The van der Waals surface area contributed by atoms with Crippen molar-refractivity contribution in [2.24, 2.45) is 5.73 Å². The van der Waals surface area contributed by atoms with E-state index in [1.807, 2.05) is 24.3 Å². The van der Waals surface area contributed by atoms with Crippen LogP contribution in [0.3, 0.4) is 0 Å². The Bertz CT molecular complexity index is 1090. The van der Waals surface area contributed by atoms with Gasteiger partial charge in [0.2, 0.25) is 10.9 Å². The predicted molar refractivity (Wildman–Crippen MR) is 110 cm³/mol. The number of amides is 1. The van der Waals surface area contributed by atoms with E-state index in [1.54, 1.807) is 13.8 Å². The Morgan fingerprint density at radius 3 is 2.44 bits per heavy atom. The summed E-state index contributed by atoms with van der Waals surface area (Å²) in [5.74, 6) is -3.14. The minimum Gasteiger partial charge on any atom is -0.475 e. The quantitative estimate of drug-likeness (QED) is 0.488. The Morgan fingerprint density at radius 2 is 1.91 bits per heavy atom. The van der Waals surface area contributed by atoms with E-state index in [4.69, 9.17) is 31.8 Å². The number of carbonyl (C=O) groups is 2. The highest BCUT2D eigenvalue weighted by atomic mass is 35.5. The molecule has 172 valence electrons. The number of nitrogens with zero attached hydrogens (tertiary/aromatic N) is 3. The highest BCUT2D eigenvalue weighted by Gasteiger charge is 2.38. The number of halogens is 4. The lowest BCUT2D eigenvalue weighted by atomic mass is 10.0. The van der Waals surface area contributed by atoms with Gasteiger partial charge < -0.3 is 15.4 Å². The lowest BCUT2D eigenvalue weighted by Gasteiger charge is -2.12. The lowest BCUT2D eigenvalue weighted by Crippen LogP contribution is -2.28. The highest BCUT2D eigenvalue weighted by Crippen LogP contribution is 2.22. The van der Waals surface area contributed by atoms with Gasteiger partial charge in [0.1, 0.15) is 10.7 Å². The Hall–Kier alpha value is -3.03. The van der Waals surface area contributed by atoms with E-state index in [-0.39, 0.29) is 5.76 Å². The molecule has 32 heavy (non-hydrogen) atoms. The van der Waals surface area contributed by atoms with E-state index < -0.39 is 23.6 Å². The lowest BCUT2D eigenvalue weighted by molar-refractivity contribution is -0.192. The molecule has 3 rings (SSSR count). The van der Waals surface area contributed by atoms with E-state index in [0.717, 1.165) is 10.6 Å². The fourth-order valence-corrected chi connectivity index (χ4v) is 3.02. The number of aliphatic carboxylic acids is 1. The first kappa shape index (κ1) is 25.2. The van der Waals surface area contributed by atoms with Crippen LogP contribution in [0, 0.1) is 0 Å². The third kappa shape index (κ3) is 7.59. The number of alkyl halides is 3. The van der Waals surface area contributed by atoms with Gasteiger partial charge in [0.05, 0.1) is 5.54 Å². The van der Waals surface area contributed by atoms with Crippen LogP contribution in [0.2, 0.25) is 5.02 Å². The molecule has 0 saturated heterocycles. The molecule has 2 heterocycles. The molecule has 1 amide bonds.